The molecule has 0 aromatic heterocycles. The van der Waals surface area contributed by atoms with E-state index in [1.165, 1.54) is 48.3 Å². The number of nitrogens with zero attached hydrogens (tertiary/aromatic N) is 2. The van der Waals surface area contributed by atoms with E-state index in [-0.39, 0.29) is 10.8 Å². The van der Waals surface area contributed by atoms with Gasteiger partial charge in [-0.05, 0) is 41.8 Å². The molecule has 0 saturated carbocycles. The summed E-state index contributed by atoms with van der Waals surface area (Å²) in [4.78, 5) is 17.1. The normalized spacial score (nSPS) is 14.8. The minimum atomic E-state index is -3.60. The molecule has 6 nitrogen and oxygen atoms in total. The SMILES string of the molecule is CON(C)C(=O)c1ccc(S(=O)(=O)N2CCc3ccccc3C2)cc1. The summed E-state index contributed by atoms with van der Waals surface area (Å²) in [6.45, 7) is 0.818. The van der Waals surface area contributed by atoms with Crippen LogP contribution in [0.3, 0.4) is 0 Å². The molecule has 1 amide bonds. The maximum absolute atomic E-state index is 12.9. The highest BCUT2D eigenvalue weighted by Crippen LogP contribution is 2.25. The first kappa shape index (κ1) is 17.6. The minimum absolute atomic E-state index is 0.184. The van der Waals surface area contributed by atoms with Gasteiger partial charge in [-0.15, -0.1) is 0 Å². The molecule has 132 valence electrons. The molecule has 0 saturated heterocycles. The third-order valence-corrected chi connectivity index (χ3v) is 6.25. The summed E-state index contributed by atoms with van der Waals surface area (Å²) in [5.74, 6) is -0.335. The van der Waals surface area contributed by atoms with Crippen molar-refractivity contribution >= 4 is 15.9 Å². The number of fused-ring (bicyclic) bond motifs is 1. The fourth-order valence-electron chi connectivity index (χ4n) is 2.86. The van der Waals surface area contributed by atoms with Gasteiger partial charge in [0.2, 0.25) is 10.0 Å². The Morgan fingerprint density at radius 3 is 2.36 bits per heavy atom. The lowest BCUT2D eigenvalue weighted by Gasteiger charge is -2.28. The lowest BCUT2D eigenvalue weighted by molar-refractivity contribution is -0.0757. The van der Waals surface area contributed by atoms with E-state index >= 15 is 0 Å². The van der Waals surface area contributed by atoms with E-state index < -0.39 is 10.0 Å². The number of sulfonamides is 1. The zero-order valence-corrected chi connectivity index (χ0v) is 15.0. The van der Waals surface area contributed by atoms with Gasteiger partial charge in [0.15, 0.2) is 0 Å². The molecule has 0 aliphatic carbocycles. The summed E-state index contributed by atoms with van der Waals surface area (Å²) in [5.41, 5.74) is 2.59. The molecular formula is C18H20N2O4S. The van der Waals surface area contributed by atoms with E-state index in [0.29, 0.717) is 25.1 Å². The Bertz CT molecular complexity index is 878. The molecular weight excluding hydrogens is 340 g/mol. The van der Waals surface area contributed by atoms with Crippen LogP contribution in [-0.2, 0) is 27.8 Å². The highest BCUT2D eigenvalue weighted by atomic mass is 32.2. The molecule has 0 fully saturated rings. The van der Waals surface area contributed by atoms with Crippen molar-refractivity contribution in [1.29, 1.82) is 0 Å². The molecule has 2 aromatic carbocycles. The van der Waals surface area contributed by atoms with Gasteiger partial charge in [0, 0.05) is 25.7 Å². The first-order valence-corrected chi connectivity index (χ1v) is 9.36. The quantitative estimate of drug-likeness (QED) is 0.783. The van der Waals surface area contributed by atoms with Crippen molar-refractivity contribution in [3.05, 3.63) is 65.2 Å². The van der Waals surface area contributed by atoms with Crippen LogP contribution in [-0.4, -0.2) is 44.4 Å². The van der Waals surface area contributed by atoms with Gasteiger partial charge in [-0.2, -0.15) is 4.31 Å². The second-order valence-electron chi connectivity index (χ2n) is 5.87. The molecule has 1 aliphatic rings. The van der Waals surface area contributed by atoms with Crippen LogP contribution in [0, 0.1) is 0 Å². The fraction of sp³-hybridized carbons (Fsp3) is 0.278. The number of hydrogen-bond donors (Lipinski definition) is 0. The standard InChI is InChI=1S/C18H20N2O4S/c1-19(24-2)18(21)15-7-9-17(10-8-15)25(22,23)20-12-11-14-5-3-4-6-16(14)13-20/h3-10H,11-13H2,1-2H3. The molecule has 3 rings (SSSR count). The van der Waals surface area contributed by atoms with Crippen LogP contribution < -0.4 is 0 Å². The van der Waals surface area contributed by atoms with Crippen LogP contribution in [0.2, 0.25) is 0 Å². The van der Waals surface area contributed by atoms with Crippen molar-refractivity contribution in [2.75, 3.05) is 20.7 Å². The van der Waals surface area contributed by atoms with Crippen LogP contribution in [0.1, 0.15) is 21.5 Å². The molecule has 0 atom stereocenters. The summed E-state index contributed by atoms with van der Waals surface area (Å²) in [6, 6.07) is 13.8. The van der Waals surface area contributed by atoms with Gasteiger partial charge < -0.3 is 0 Å². The van der Waals surface area contributed by atoms with E-state index in [2.05, 4.69) is 0 Å². The Labute approximate surface area is 147 Å². The Morgan fingerprint density at radius 2 is 1.72 bits per heavy atom. The fourth-order valence-corrected chi connectivity index (χ4v) is 4.28. The van der Waals surface area contributed by atoms with Crippen molar-refractivity contribution in [2.24, 2.45) is 0 Å². The van der Waals surface area contributed by atoms with Crippen LogP contribution in [0.25, 0.3) is 0 Å². The van der Waals surface area contributed by atoms with Gasteiger partial charge in [-0.3, -0.25) is 9.63 Å². The maximum Gasteiger partial charge on any atom is 0.277 e. The Morgan fingerprint density at radius 1 is 1.08 bits per heavy atom. The van der Waals surface area contributed by atoms with Gasteiger partial charge >= 0.3 is 0 Å². The lowest BCUT2D eigenvalue weighted by atomic mass is 10.0. The maximum atomic E-state index is 12.9. The zero-order chi connectivity index (χ0) is 18.0. The van der Waals surface area contributed by atoms with E-state index in [0.717, 1.165) is 10.6 Å². The van der Waals surface area contributed by atoms with Gasteiger partial charge in [-0.1, -0.05) is 24.3 Å². The van der Waals surface area contributed by atoms with E-state index in [4.69, 9.17) is 4.84 Å². The van der Waals surface area contributed by atoms with E-state index in [1.54, 1.807) is 0 Å². The Hall–Kier alpha value is -2.22. The summed E-state index contributed by atoms with van der Waals surface area (Å²) >= 11 is 0. The number of rotatable bonds is 4. The highest BCUT2D eigenvalue weighted by molar-refractivity contribution is 7.89. The van der Waals surface area contributed by atoms with Gasteiger partial charge in [-0.25, -0.2) is 13.5 Å². The topological polar surface area (TPSA) is 66.9 Å². The third kappa shape index (κ3) is 3.44. The van der Waals surface area contributed by atoms with Gasteiger partial charge in [0.1, 0.15) is 0 Å². The lowest BCUT2D eigenvalue weighted by Crippen LogP contribution is -2.36. The van der Waals surface area contributed by atoms with E-state index in [9.17, 15) is 13.2 Å². The van der Waals surface area contributed by atoms with Crippen LogP contribution in [0.4, 0.5) is 0 Å². The second kappa shape index (κ2) is 6.95. The Balaban J connectivity index is 1.83. The minimum Gasteiger partial charge on any atom is -0.274 e. The number of benzene rings is 2. The largest absolute Gasteiger partial charge is 0.277 e. The summed E-state index contributed by atoms with van der Waals surface area (Å²) in [7, 11) is -0.704. The molecule has 0 spiro atoms. The molecule has 25 heavy (non-hydrogen) atoms. The van der Waals surface area contributed by atoms with Crippen LogP contribution >= 0.6 is 0 Å². The molecule has 0 unspecified atom stereocenters. The summed E-state index contributed by atoms with van der Waals surface area (Å²) in [5, 5.41) is 1.09. The molecule has 1 heterocycles. The van der Waals surface area contributed by atoms with Crippen molar-refractivity contribution in [2.45, 2.75) is 17.9 Å². The monoisotopic (exact) mass is 360 g/mol. The number of amides is 1. The smallest absolute Gasteiger partial charge is 0.274 e. The first-order chi connectivity index (χ1) is 11.9. The second-order valence-corrected chi connectivity index (χ2v) is 7.80. The van der Waals surface area contributed by atoms with Crippen molar-refractivity contribution in [3.8, 4) is 0 Å². The number of carbonyl (C=O) groups excluding carboxylic acids is 1. The summed E-state index contributed by atoms with van der Waals surface area (Å²) < 4.78 is 27.2. The molecule has 7 heteroatoms. The van der Waals surface area contributed by atoms with Crippen molar-refractivity contribution in [1.82, 2.24) is 9.37 Å². The van der Waals surface area contributed by atoms with Gasteiger partial charge in [0.25, 0.3) is 5.91 Å². The van der Waals surface area contributed by atoms with Crippen molar-refractivity contribution < 1.29 is 18.0 Å². The molecule has 0 radical (unpaired) electrons. The number of hydrogen-bond acceptors (Lipinski definition) is 4. The molecule has 0 bridgehead atoms. The molecule has 0 N–H and O–H groups in total. The highest BCUT2D eigenvalue weighted by Gasteiger charge is 2.28. The molecule has 1 aliphatic heterocycles. The van der Waals surface area contributed by atoms with Crippen LogP contribution in [0.5, 0.6) is 0 Å². The number of hydroxylamine groups is 2. The summed E-state index contributed by atoms with van der Waals surface area (Å²) in [6.07, 6.45) is 0.699. The van der Waals surface area contributed by atoms with Crippen molar-refractivity contribution in [3.63, 3.8) is 0 Å². The third-order valence-electron chi connectivity index (χ3n) is 4.39. The van der Waals surface area contributed by atoms with Gasteiger partial charge in [0.05, 0.1) is 12.0 Å². The first-order valence-electron chi connectivity index (χ1n) is 7.92. The molecule has 2 aromatic rings. The predicted octanol–water partition coefficient (Wildman–Crippen LogP) is 2.07. The average molecular weight is 360 g/mol. The van der Waals surface area contributed by atoms with E-state index in [1.807, 2.05) is 24.3 Å². The Kier molecular flexibility index (Phi) is 4.89. The van der Waals surface area contributed by atoms with Crippen LogP contribution in [0.15, 0.2) is 53.4 Å². The predicted molar refractivity (Wildman–Crippen MR) is 93.3 cm³/mol. The zero-order valence-electron chi connectivity index (χ0n) is 14.2. The number of carbonyl (C=O) groups is 1. The average Bonchev–Trinajstić information content (AvgIpc) is 2.66.